The second-order valence-corrected chi connectivity index (χ2v) is 6.77. The monoisotopic (exact) mass is 341 g/mol. The summed E-state index contributed by atoms with van der Waals surface area (Å²) in [4.78, 5) is 25.7. The Labute approximate surface area is 147 Å². The van der Waals surface area contributed by atoms with Gasteiger partial charge in [-0.05, 0) is 50.8 Å². The summed E-state index contributed by atoms with van der Waals surface area (Å²) in [7, 11) is 0. The van der Waals surface area contributed by atoms with Gasteiger partial charge in [-0.3, -0.25) is 9.59 Å². The van der Waals surface area contributed by atoms with E-state index in [1.807, 2.05) is 39.0 Å². The minimum atomic E-state index is -0.833. The zero-order valence-electron chi connectivity index (χ0n) is 14.8. The number of carbonyl (C=O) groups excluding carboxylic acids is 1. The van der Waals surface area contributed by atoms with Crippen LogP contribution in [-0.4, -0.2) is 44.8 Å². The molecule has 1 atom stereocenters. The molecule has 0 radical (unpaired) electrons. The fourth-order valence-electron chi connectivity index (χ4n) is 3.34. The number of amides is 1. The minimum Gasteiger partial charge on any atom is -0.481 e. The molecule has 1 saturated heterocycles. The van der Waals surface area contributed by atoms with Crippen LogP contribution in [0.4, 0.5) is 0 Å². The second kappa shape index (κ2) is 6.70. The SMILES string of the molecule is Cc1ccc(C)c(-n2ncc(C(=O)N3CCC[C@H](C(=O)O)C3)c2C)c1. The molecule has 1 aromatic heterocycles. The molecule has 132 valence electrons. The molecule has 2 aromatic rings. The van der Waals surface area contributed by atoms with E-state index in [1.165, 1.54) is 0 Å². The third kappa shape index (κ3) is 3.29. The number of hydrogen-bond acceptors (Lipinski definition) is 3. The molecule has 2 heterocycles. The predicted octanol–water partition coefficient (Wildman–Crippen LogP) is 2.73. The van der Waals surface area contributed by atoms with Crippen LogP contribution in [0, 0.1) is 26.7 Å². The number of rotatable bonds is 3. The Hall–Kier alpha value is -2.63. The molecule has 1 fully saturated rings. The van der Waals surface area contributed by atoms with E-state index in [4.69, 9.17) is 0 Å². The molecule has 0 bridgehead atoms. The van der Waals surface area contributed by atoms with Gasteiger partial charge in [0.15, 0.2) is 0 Å². The van der Waals surface area contributed by atoms with Crippen molar-refractivity contribution in [2.75, 3.05) is 13.1 Å². The molecule has 0 saturated carbocycles. The number of aliphatic carboxylic acids is 1. The van der Waals surface area contributed by atoms with Crippen molar-refractivity contribution in [3.8, 4) is 5.69 Å². The Morgan fingerprint density at radius 1 is 1.24 bits per heavy atom. The highest BCUT2D eigenvalue weighted by atomic mass is 16.4. The van der Waals surface area contributed by atoms with E-state index >= 15 is 0 Å². The van der Waals surface area contributed by atoms with Gasteiger partial charge in [-0.25, -0.2) is 4.68 Å². The Morgan fingerprint density at radius 2 is 2.00 bits per heavy atom. The summed E-state index contributed by atoms with van der Waals surface area (Å²) in [6.45, 7) is 6.77. The molecule has 1 aliphatic heterocycles. The van der Waals surface area contributed by atoms with Crippen LogP contribution in [0.3, 0.4) is 0 Å². The van der Waals surface area contributed by atoms with Crippen LogP contribution in [0.1, 0.15) is 40.0 Å². The number of hydrogen-bond donors (Lipinski definition) is 1. The summed E-state index contributed by atoms with van der Waals surface area (Å²) in [6, 6.07) is 6.13. The number of carbonyl (C=O) groups is 2. The number of aromatic nitrogens is 2. The van der Waals surface area contributed by atoms with E-state index in [-0.39, 0.29) is 12.5 Å². The first-order valence-corrected chi connectivity index (χ1v) is 8.53. The zero-order chi connectivity index (χ0) is 18.1. The quantitative estimate of drug-likeness (QED) is 0.931. The van der Waals surface area contributed by atoms with Gasteiger partial charge in [0.25, 0.3) is 5.91 Å². The summed E-state index contributed by atoms with van der Waals surface area (Å²) in [6.07, 6.45) is 2.93. The van der Waals surface area contributed by atoms with Crippen molar-refractivity contribution in [1.29, 1.82) is 0 Å². The number of piperidine rings is 1. The fraction of sp³-hybridized carbons (Fsp3) is 0.421. The predicted molar refractivity (Wildman–Crippen MR) is 94.0 cm³/mol. The van der Waals surface area contributed by atoms with E-state index < -0.39 is 11.9 Å². The van der Waals surface area contributed by atoms with E-state index in [9.17, 15) is 14.7 Å². The lowest BCUT2D eigenvalue weighted by Crippen LogP contribution is -2.42. The van der Waals surface area contributed by atoms with Crippen molar-refractivity contribution >= 4 is 11.9 Å². The number of carboxylic acid groups (broad SMARTS) is 1. The Kier molecular flexibility index (Phi) is 4.61. The highest BCUT2D eigenvalue weighted by molar-refractivity contribution is 5.95. The average molecular weight is 341 g/mol. The first-order valence-electron chi connectivity index (χ1n) is 8.53. The lowest BCUT2D eigenvalue weighted by atomic mass is 9.97. The second-order valence-electron chi connectivity index (χ2n) is 6.77. The van der Waals surface area contributed by atoms with Gasteiger partial charge in [0.2, 0.25) is 0 Å². The molecule has 0 spiro atoms. The van der Waals surface area contributed by atoms with Crippen molar-refractivity contribution in [1.82, 2.24) is 14.7 Å². The number of nitrogens with zero attached hydrogens (tertiary/aromatic N) is 3. The zero-order valence-corrected chi connectivity index (χ0v) is 14.8. The van der Waals surface area contributed by atoms with Crippen LogP contribution < -0.4 is 0 Å². The summed E-state index contributed by atoms with van der Waals surface area (Å²) < 4.78 is 1.79. The first-order chi connectivity index (χ1) is 11.9. The maximum atomic E-state index is 12.9. The first kappa shape index (κ1) is 17.2. The Balaban J connectivity index is 1.89. The fourth-order valence-corrected chi connectivity index (χ4v) is 3.34. The number of carboxylic acids is 1. The summed E-state index contributed by atoms with van der Waals surface area (Å²) in [5.41, 5.74) is 4.48. The highest BCUT2D eigenvalue weighted by Gasteiger charge is 2.30. The molecule has 0 aliphatic carbocycles. The molecule has 1 N–H and O–H groups in total. The van der Waals surface area contributed by atoms with E-state index in [0.717, 1.165) is 22.5 Å². The molecular formula is C19H23N3O3. The van der Waals surface area contributed by atoms with Crippen molar-refractivity contribution in [3.05, 3.63) is 46.8 Å². The van der Waals surface area contributed by atoms with Gasteiger partial charge < -0.3 is 10.0 Å². The van der Waals surface area contributed by atoms with Crippen molar-refractivity contribution in [3.63, 3.8) is 0 Å². The normalized spacial score (nSPS) is 17.6. The van der Waals surface area contributed by atoms with Gasteiger partial charge in [0.05, 0.1) is 29.1 Å². The third-order valence-corrected chi connectivity index (χ3v) is 4.89. The molecule has 25 heavy (non-hydrogen) atoms. The van der Waals surface area contributed by atoms with E-state index in [2.05, 4.69) is 5.10 Å². The highest BCUT2D eigenvalue weighted by Crippen LogP contribution is 2.23. The topological polar surface area (TPSA) is 75.4 Å². The summed E-state index contributed by atoms with van der Waals surface area (Å²) >= 11 is 0. The van der Waals surface area contributed by atoms with Crippen LogP contribution >= 0.6 is 0 Å². The summed E-state index contributed by atoms with van der Waals surface area (Å²) in [5.74, 6) is -1.45. The van der Waals surface area contributed by atoms with Crippen molar-refractivity contribution in [2.45, 2.75) is 33.6 Å². The standard InChI is InChI=1S/C19H23N3O3/c1-12-6-7-13(2)17(9-12)22-14(3)16(10-20-22)18(23)21-8-4-5-15(11-21)19(24)25/h6-7,9-10,15H,4-5,8,11H2,1-3H3,(H,24,25)/t15-/m0/s1. The van der Waals surface area contributed by atoms with Crippen LogP contribution in [-0.2, 0) is 4.79 Å². The molecule has 1 amide bonds. The number of likely N-dealkylation sites (tertiary alicyclic amines) is 1. The molecule has 1 aliphatic rings. The van der Waals surface area contributed by atoms with Crippen LogP contribution in [0.25, 0.3) is 5.69 Å². The van der Waals surface area contributed by atoms with Gasteiger partial charge in [0, 0.05) is 13.1 Å². The third-order valence-electron chi connectivity index (χ3n) is 4.89. The lowest BCUT2D eigenvalue weighted by Gasteiger charge is -2.30. The molecule has 3 rings (SSSR count). The lowest BCUT2D eigenvalue weighted by molar-refractivity contribution is -0.143. The van der Waals surface area contributed by atoms with Crippen molar-refractivity contribution in [2.24, 2.45) is 5.92 Å². The molecule has 0 unspecified atom stereocenters. The maximum absolute atomic E-state index is 12.9. The molecular weight excluding hydrogens is 318 g/mol. The minimum absolute atomic E-state index is 0.139. The van der Waals surface area contributed by atoms with Gasteiger partial charge in [-0.1, -0.05) is 12.1 Å². The Bertz CT molecular complexity index is 825. The van der Waals surface area contributed by atoms with Crippen LogP contribution in [0.2, 0.25) is 0 Å². The van der Waals surface area contributed by atoms with Crippen LogP contribution in [0.5, 0.6) is 0 Å². The smallest absolute Gasteiger partial charge is 0.308 e. The largest absolute Gasteiger partial charge is 0.481 e. The molecule has 1 aromatic carbocycles. The molecule has 6 nitrogen and oxygen atoms in total. The molecule has 6 heteroatoms. The van der Waals surface area contributed by atoms with Crippen LogP contribution in [0.15, 0.2) is 24.4 Å². The van der Waals surface area contributed by atoms with Gasteiger partial charge in [0.1, 0.15) is 0 Å². The maximum Gasteiger partial charge on any atom is 0.308 e. The van der Waals surface area contributed by atoms with Gasteiger partial charge in [-0.15, -0.1) is 0 Å². The van der Waals surface area contributed by atoms with Gasteiger partial charge in [-0.2, -0.15) is 5.10 Å². The Morgan fingerprint density at radius 3 is 2.72 bits per heavy atom. The van der Waals surface area contributed by atoms with E-state index in [0.29, 0.717) is 24.9 Å². The van der Waals surface area contributed by atoms with Crippen molar-refractivity contribution < 1.29 is 14.7 Å². The summed E-state index contributed by atoms with van der Waals surface area (Å²) in [5, 5.41) is 13.6. The number of benzene rings is 1. The van der Waals surface area contributed by atoms with Gasteiger partial charge >= 0.3 is 5.97 Å². The number of aryl methyl sites for hydroxylation is 2. The van der Waals surface area contributed by atoms with E-state index in [1.54, 1.807) is 15.8 Å². The average Bonchev–Trinajstić information content (AvgIpc) is 2.98.